The zero-order chi connectivity index (χ0) is 12.8. The van der Waals surface area contributed by atoms with Crippen molar-refractivity contribution in [3.05, 3.63) is 29.8 Å². The van der Waals surface area contributed by atoms with Crippen LogP contribution in [0.1, 0.15) is 32.4 Å². The smallest absolute Gasteiger partial charge is 0.237 e. The van der Waals surface area contributed by atoms with E-state index in [1.54, 1.807) is 6.92 Å². The molecule has 4 heteroatoms. The molecule has 0 spiro atoms. The third-order valence-electron chi connectivity index (χ3n) is 2.44. The molecule has 0 saturated heterocycles. The number of amides is 1. The largest absolute Gasteiger partial charge is 0.494 e. The minimum Gasteiger partial charge on any atom is -0.494 e. The summed E-state index contributed by atoms with van der Waals surface area (Å²) in [5.41, 5.74) is 6.51. The van der Waals surface area contributed by atoms with Gasteiger partial charge in [-0.1, -0.05) is 12.1 Å². The summed E-state index contributed by atoms with van der Waals surface area (Å²) in [5.74, 6) is 0.659. The summed E-state index contributed by atoms with van der Waals surface area (Å²) in [6.07, 6.45) is 0. The highest BCUT2D eigenvalue weighted by atomic mass is 16.5. The molecule has 0 bridgehead atoms. The molecule has 1 amide bonds. The fourth-order valence-electron chi connectivity index (χ4n) is 1.47. The number of hydrogen-bond donors (Lipinski definition) is 2. The molecule has 2 atom stereocenters. The molecule has 0 aliphatic rings. The molecular weight excluding hydrogens is 216 g/mol. The van der Waals surface area contributed by atoms with Gasteiger partial charge in [-0.15, -0.1) is 0 Å². The van der Waals surface area contributed by atoms with E-state index in [1.165, 1.54) is 0 Å². The van der Waals surface area contributed by atoms with Crippen molar-refractivity contribution in [3.8, 4) is 5.75 Å². The van der Waals surface area contributed by atoms with E-state index in [4.69, 9.17) is 10.5 Å². The van der Waals surface area contributed by atoms with E-state index < -0.39 is 6.04 Å². The highest BCUT2D eigenvalue weighted by Crippen LogP contribution is 2.19. The van der Waals surface area contributed by atoms with E-state index in [0.717, 1.165) is 11.3 Å². The Bertz CT molecular complexity index is 377. The maximum absolute atomic E-state index is 11.5. The van der Waals surface area contributed by atoms with Gasteiger partial charge in [0.15, 0.2) is 0 Å². The second kappa shape index (κ2) is 6.25. The number of nitrogens with two attached hydrogens (primary N) is 1. The molecule has 0 unspecified atom stereocenters. The molecule has 4 nitrogen and oxygen atoms in total. The first-order valence-electron chi connectivity index (χ1n) is 5.83. The first-order valence-corrected chi connectivity index (χ1v) is 5.83. The minimum absolute atomic E-state index is 0.0751. The molecule has 17 heavy (non-hydrogen) atoms. The van der Waals surface area contributed by atoms with Crippen molar-refractivity contribution in [2.75, 3.05) is 6.61 Å². The fraction of sp³-hybridized carbons (Fsp3) is 0.462. The van der Waals surface area contributed by atoms with Crippen LogP contribution in [0, 0.1) is 0 Å². The standard InChI is InChI=1S/C13H20N2O2/c1-4-17-12-7-5-6-11(8-12)10(3)15-13(16)9(2)14/h5-10H,4,14H2,1-3H3,(H,15,16)/t9-,10+/m0/s1. The van der Waals surface area contributed by atoms with Crippen molar-refractivity contribution in [1.29, 1.82) is 0 Å². The van der Waals surface area contributed by atoms with Crippen molar-refractivity contribution >= 4 is 5.91 Å². The van der Waals surface area contributed by atoms with E-state index in [0.29, 0.717) is 6.61 Å². The van der Waals surface area contributed by atoms with Crippen LogP contribution in [0.15, 0.2) is 24.3 Å². The van der Waals surface area contributed by atoms with Gasteiger partial charge in [0.25, 0.3) is 0 Å². The average molecular weight is 236 g/mol. The summed E-state index contributed by atoms with van der Waals surface area (Å²) in [7, 11) is 0. The topological polar surface area (TPSA) is 64.3 Å². The summed E-state index contributed by atoms with van der Waals surface area (Å²) in [4.78, 5) is 11.5. The number of carbonyl (C=O) groups excluding carboxylic acids is 1. The van der Waals surface area contributed by atoms with Crippen molar-refractivity contribution in [2.45, 2.75) is 32.9 Å². The highest BCUT2D eigenvalue weighted by molar-refractivity contribution is 5.81. The summed E-state index contributed by atoms with van der Waals surface area (Å²) < 4.78 is 5.41. The molecule has 0 radical (unpaired) electrons. The van der Waals surface area contributed by atoms with Crippen molar-refractivity contribution < 1.29 is 9.53 Å². The van der Waals surface area contributed by atoms with E-state index in [1.807, 2.05) is 38.1 Å². The van der Waals surface area contributed by atoms with E-state index in [-0.39, 0.29) is 11.9 Å². The first-order chi connectivity index (χ1) is 8.04. The Balaban J connectivity index is 2.71. The molecular formula is C13H20N2O2. The van der Waals surface area contributed by atoms with Crippen LogP contribution in [0.4, 0.5) is 0 Å². The molecule has 1 aromatic carbocycles. The molecule has 0 fully saturated rings. The van der Waals surface area contributed by atoms with Gasteiger partial charge < -0.3 is 15.8 Å². The highest BCUT2D eigenvalue weighted by Gasteiger charge is 2.12. The maximum Gasteiger partial charge on any atom is 0.237 e. The Morgan fingerprint density at radius 2 is 2.18 bits per heavy atom. The summed E-state index contributed by atoms with van der Waals surface area (Å²) in [5, 5.41) is 2.85. The normalized spacial score (nSPS) is 13.9. The Kier molecular flexibility index (Phi) is 4.97. The molecule has 94 valence electrons. The van der Waals surface area contributed by atoms with Crippen LogP contribution in [-0.2, 0) is 4.79 Å². The maximum atomic E-state index is 11.5. The zero-order valence-corrected chi connectivity index (χ0v) is 10.6. The fourth-order valence-corrected chi connectivity index (χ4v) is 1.47. The number of rotatable bonds is 5. The Hall–Kier alpha value is -1.55. The number of hydrogen-bond acceptors (Lipinski definition) is 3. The van der Waals surface area contributed by atoms with Crippen LogP contribution < -0.4 is 15.8 Å². The lowest BCUT2D eigenvalue weighted by Gasteiger charge is -2.16. The van der Waals surface area contributed by atoms with Crippen LogP contribution in [0.2, 0.25) is 0 Å². The van der Waals surface area contributed by atoms with Gasteiger partial charge in [-0.3, -0.25) is 4.79 Å². The van der Waals surface area contributed by atoms with Gasteiger partial charge in [0.2, 0.25) is 5.91 Å². The van der Waals surface area contributed by atoms with Crippen molar-refractivity contribution in [1.82, 2.24) is 5.32 Å². The van der Waals surface area contributed by atoms with Gasteiger partial charge in [-0.25, -0.2) is 0 Å². The zero-order valence-electron chi connectivity index (χ0n) is 10.6. The quantitative estimate of drug-likeness (QED) is 0.816. The first kappa shape index (κ1) is 13.5. The second-order valence-electron chi connectivity index (χ2n) is 4.02. The molecule has 0 aliphatic heterocycles. The van der Waals surface area contributed by atoms with Crippen LogP contribution in [-0.4, -0.2) is 18.6 Å². The summed E-state index contributed by atoms with van der Waals surface area (Å²) in [6, 6.07) is 7.12. The lowest BCUT2D eigenvalue weighted by atomic mass is 10.1. The Morgan fingerprint density at radius 1 is 1.47 bits per heavy atom. The van der Waals surface area contributed by atoms with Gasteiger partial charge in [-0.05, 0) is 38.5 Å². The van der Waals surface area contributed by atoms with E-state index in [9.17, 15) is 4.79 Å². The molecule has 0 heterocycles. The Morgan fingerprint density at radius 3 is 2.76 bits per heavy atom. The van der Waals surface area contributed by atoms with Crippen LogP contribution in [0.3, 0.4) is 0 Å². The Labute approximate surface area is 102 Å². The third kappa shape index (κ3) is 4.07. The predicted molar refractivity (Wildman–Crippen MR) is 67.8 cm³/mol. The third-order valence-corrected chi connectivity index (χ3v) is 2.44. The molecule has 0 aliphatic carbocycles. The predicted octanol–water partition coefficient (Wildman–Crippen LogP) is 1.61. The minimum atomic E-state index is -0.493. The van der Waals surface area contributed by atoms with Crippen molar-refractivity contribution in [2.24, 2.45) is 5.73 Å². The molecule has 3 N–H and O–H groups in total. The summed E-state index contributed by atoms with van der Waals surface area (Å²) in [6.45, 7) is 6.15. The van der Waals surface area contributed by atoms with Gasteiger partial charge in [0.05, 0.1) is 18.7 Å². The number of benzene rings is 1. The van der Waals surface area contributed by atoms with Crippen molar-refractivity contribution in [3.63, 3.8) is 0 Å². The molecule has 1 aromatic rings. The number of nitrogens with one attached hydrogen (secondary N) is 1. The average Bonchev–Trinajstić information content (AvgIpc) is 2.29. The molecule has 0 aromatic heterocycles. The van der Waals surface area contributed by atoms with Gasteiger partial charge >= 0.3 is 0 Å². The monoisotopic (exact) mass is 236 g/mol. The number of carbonyl (C=O) groups is 1. The van der Waals surface area contributed by atoms with E-state index >= 15 is 0 Å². The van der Waals surface area contributed by atoms with Crippen LogP contribution in [0.5, 0.6) is 5.75 Å². The van der Waals surface area contributed by atoms with Crippen LogP contribution in [0.25, 0.3) is 0 Å². The van der Waals surface area contributed by atoms with Gasteiger partial charge in [0, 0.05) is 0 Å². The van der Waals surface area contributed by atoms with Gasteiger partial charge in [-0.2, -0.15) is 0 Å². The lowest BCUT2D eigenvalue weighted by molar-refractivity contribution is -0.122. The molecule has 1 rings (SSSR count). The van der Waals surface area contributed by atoms with Crippen LogP contribution >= 0.6 is 0 Å². The van der Waals surface area contributed by atoms with E-state index in [2.05, 4.69) is 5.32 Å². The molecule has 0 saturated carbocycles. The SMILES string of the molecule is CCOc1cccc([C@@H](C)NC(=O)[C@H](C)N)c1. The van der Waals surface area contributed by atoms with Gasteiger partial charge in [0.1, 0.15) is 5.75 Å². The number of ether oxygens (including phenoxy) is 1. The lowest BCUT2D eigenvalue weighted by Crippen LogP contribution is -2.39. The second-order valence-corrected chi connectivity index (χ2v) is 4.02. The summed E-state index contributed by atoms with van der Waals surface area (Å²) >= 11 is 0.